The van der Waals surface area contributed by atoms with Crippen LogP contribution >= 0.6 is 15.9 Å². The average molecular weight is 622 g/mol. The first-order valence-corrected chi connectivity index (χ1v) is 14.8. The van der Waals surface area contributed by atoms with Gasteiger partial charge in [0, 0.05) is 30.7 Å². The van der Waals surface area contributed by atoms with E-state index in [4.69, 9.17) is 5.21 Å². The first-order valence-electron chi connectivity index (χ1n) is 11.0. The quantitative estimate of drug-likeness (QED) is 0.111. The van der Waals surface area contributed by atoms with E-state index in [1.54, 1.807) is 57.2 Å². The van der Waals surface area contributed by atoms with Crippen molar-refractivity contribution in [2.45, 2.75) is 61.2 Å². The van der Waals surface area contributed by atoms with Crippen molar-refractivity contribution in [3.8, 4) is 0 Å². The fourth-order valence-electron chi connectivity index (χ4n) is 2.27. The third-order valence-corrected chi connectivity index (χ3v) is 7.05. The molecule has 0 aliphatic rings. The molecule has 0 saturated heterocycles. The number of hydrogen-bond donors (Lipinski definition) is 3. The molecule has 0 bridgehead atoms. The third-order valence-electron chi connectivity index (χ3n) is 4.07. The Morgan fingerprint density at radius 1 is 0.838 bits per heavy atom. The van der Waals surface area contributed by atoms with Crippen molar-refractivity contribution in [1.29, 1.82) is 0 Å². The van der Waals surface area contributed by atoms with Crippen molar-refractivity contribution >= 4 is 48.4 Å². The van der Waals surface area contributed by atoms with Crippen LogP contribution in [0.3, 0.4) is 0 Å². The van der Waals surface area contributed by atoms with Gasteiger partial charge < -0.3 is 10.4 Å². The minimum atomic E-state index is -3.57. The Morgan fingerprint density at radius 3 is 1.54 bits per heavy atom. The Hall–Kier alpha value is -2.32. The van der Waals surface area contributed by atoms with Crippen LogP contribution in [0.2, 0.25) is 0 Å². The number of nitrogens with one attached hydrogen (secondary N) is 2. The Kier molecular flexibility index (Phi) is 13.7. The summed E-state index contributed by atoms with van der Waals surface area (Å²) in [5, 5.41) is 23.0. The van der Waals surface area contributed by atoms with Crippen LogP contribution in [-0.2, 0) is 20.0 Å². The summed E-state index contributed by atoms with van der Waals surface area (Å²) in [6.07, 6.45) is 2.37. The van der Waals surface area contributed by atoms with Gasteiger partial charge in [0.1, 0.15) is 0 Å². The van der Waals surface area contributed by atoms with Gasteiger partial charge >= 0.3 is 0 Å². The lowest BCUT2D eigenvalue weighted by atomic mass is 10.1. The highest BCUT2D eigenvalue weighted by Crippen LogP contribution is 2.15. The molecule has 0 saturated carbocycles. The Balaban J connectivity index is 0.000000605. The molecule has 0 amide bonds. The largest absolute Gasteiger partial charge is 0.623 e. The SMILES string of the molecule is CC(C)(C)Br.CNS(=O)(=O)c1ccccc1/C=N\O.CNS(=O)(=O)c1ccccc1/C=[N+](\[O-])C(C)(C)C. The molecule has 2 rings (SSSR count). The van der Waals surface area contributed by atoms with Gasteiger partial charge in [-0.2, -0.15) is 0 Å². The van der Waals surface area contributed by atoms with Gasteiger partial charge in [-0.25, -0.2) is 31.0 Å². The average Bonchev–Trinajstić information content (AvgIpc) is 2.78. The van der Waals surface area contributed by atoms with Crippen LogP contribution in [0, 0.1) is 5.21 Å². The fraction of sp³-hybridized carbons (Fsp3) is 0.417. The summed E-state index contributed by atoms with van der Waals surface area (Å²) < 4.78 is 52.0. The molecule has 37 heavy (non-hydrogen) atoms. The predicted octanol–water partition coefficient (Wildman–Crippen LogP) is 3.91. The monoisotopic (exact) mass is 620 g/mol. The first-order chi connectivity index (χ1) is 16.8. The number of rotatable bonds is 6. The summed E-state index contributed by atoms with van der Waals surface area (Å²) in [7, 11) is -4.41. The molecule has 0 aliphatic heterocycles. The fourth-order valence-corrected chi connectivity index (χ4v) is 4.08. The molecule has 208 valence electrons. The standard InChI is InChI=1S/C12H18N2O3S.C8H10N2O3S.C4H9Br/c1-12(2,3)14(15)9-10-7-5-6-8-11(10)18(16,17)13-4;1-9-14(12,13)8-5-3-2-4-7(8)6-10-11;1-4(2,3)5/h5-9,13H,1-4H3;2-6,9,11H,1H3;1-3H3/b14-9-;10-6-;. The van der Waals surface area contributed by atoms with Crippen LogP contribution in [0.25, 0.3) is 0 Å². The van der Waals surface area contributed by atoms with Crippen LogP contribution in [0.1, 0.15) is 52.7 Å². The molecule has 0 heterocycles. The van der Waals surface area contributed by atoms with Gasteiger partial charge in [0.25, 0.3) is 0 Å². The molecule has 0 fully saturated rings. The zero-order valence-corrected chi connectivity index (χ0v) is 25.6. The number of hydroxylamine groups is 1. The number of benzene rings is 2. The molecule has 10 nitrogen and oxygen atoms in total. The molecule has 0 atom stereocenters. The van der Waals surface area contributed by atoms with Crippen LogP contribution in [-0.4, -0.2) is 63.2 Å². The molecule has 2 aromatic carbocycles. The lowest BCUT2D eigenvalue weighted by molar-refractivity contribution is -0.530. The van der Waals surface area contributed by atoms with E-state index in [0.717, 1.165) is 11.0 Å². The van der Waals surface area contributed by atoms with Crippen molar-refractivity contribution < 1.29 is 26.8 Å². The van der Waals surface area contributed by atoms with Crippen LogP contribution in [0.5, 0.6) is 0 Å². The molecule has 0 aliphatic carbocycles. The summed E-state index contributed by atoms with van der Waals surface area (Å²) in [6.45, 7) is 11.6. The third kappa shape index (κ3) is 13.2. The summed E-state index contributed by atoms with van der Waals surface area (Å²) in [4.78, 5) is 0.179. The minimum Gasteiger partial charge on any atom is -0.623 e. The van der Waals surface area contributed by atoms with Gasteiger partial charge in [0.15, 0.2) is 11.8 Å². The number of oxime groups is 1. The molecular formula is C24H37BrN4O6S2. The maximum Gasteiger partial charge on any atom is 0.241 e. The van der Waals surface area contributed by atoms with Crippen molar-refractivity contribution in [3.63, 3.8) is 0 Å². The molecule has 0 unspecified atom stereocenters. The van der Waals surface area contributed by atoms with Crippen molar-refractivity contribution in [3.05, 3.63) is 64.9 Å². The van der Waals surface area contributed by atoms with Gasteiger partial charge in [-0.3, -0.25) is 0 Å². The predicted molar refractivity (Wildman–Crippen MR) is 152 cm³/mol. The number of hydrogen-bond acceptors (Lipinski definition) is 7. The molecule has 2 aromatic rings. The summed E-state index contributed by atoms with van der Waals surface area (Å²) >= 11 is 3.38. The molecule has 13 heteroatoms. The van der Waals surface area contributed by atoms with E-state index in [0.29, 0.717) is 15.5 Å². The van der Waals surface area contributed by atoms with E-state index in [9.17, 15) is 22.0 Å². The second kappa shape index (κ2) is 14.6. The highest BCUT2D eigenvalue weighted by Gasteiger charge is 2.21. The molecule has 0 spiro atoms. The maximum atomic E-state index is 11.8. The Morgan fingerprint density at radius 2 is 1.19 bits per heavy atom. The lowest BCUT2D eigenvalue weighted by Gasteiger charge is -2.19. The van der Waals surface area contributed by atoms with Gasteiger partial charge in [-0.05, 0) is 32.3 Å². The van der Waals surface area contributed by atoms with Crippen LogP contribution in [0.15, 0.2) is 63.5 Å². The number of alkyl halides is 1. The van der Waals surface area contributed by atoms with Gasteiger partial charge in [-0.15, -0.1) is 0 Å². The zero-order chi connectivity index (χ0) is 29.1. The Bertz CT molecular complexity index is 1270. The van der Waals surface area contributed by atoms with E-state index >= 15 is 0 Å². The number of sulfonamides is 2. The van der Waals surface area contributed by atoms with Crippen molar-refractivity contribution in [2.75, 3.05) is 14.1 Å². The smallest absolute Gasteiger partial charge is 0.241 e. The minimum absolute atomic E-state index is 0.0836. The van der Waals surface area contributed by atoms with Crippen molar-refractivity contribution in [2.24, 2.45) is 5.16 Å². The lowest BCUT2D eigenvalue weighted by Crippen LogP contribution is -2.30. The summed E-state index contributed by atoms with van der Waals surface area (Å²) in [6, 6.07) is 12.6. The van der Waals surface area contributed by atoms with E-state index in [2.05, 4.69) is 51.3 Å². The van der Waals surface area contributed by atoms with Gasteiger partial charge in [-0.1, -0.05) is 72.2 Å². The van der Waals surface area contributed by atoms with E-state index < -0.39 is 25.6 Å². The second-order valence-electron chi connectivity index (χ2n) is 9.43. The number of nitrogens with zero attached hydrogens (tertiary/aromatic N) is 2. The Labute approximate surface area is 229 Å². The highest BCUT2D eigenvalue weighted by atomic mass is 79.9. The summed E-state index contributed by atoms with van der Waals surface area (Å²) in [5.41, 5.74) is 0.0948. The van der Waals surface area contributed by atoms with Crippen LogP contribution in [0.4, 0.5) is 0 Å². The first kappa shape index (κ1) is 34.7. The van der Waals surface area contributed by atoms with E-state index in [1.807, 2.05) is 0 Å². The van der Waals surface area contributed by atoms with Crippen LogP contribution < -0.4 is 9.44 Å². The van der Waals surface area contributed by atoms with Gasteiger partial charge in [0.05, 0.1) is 21.6 Å². The molecular weight excluding hydrogens is 584 g/mol. The normalized spacial score (nSPS) is 12.8. The highest BCUT2D eigenvalue weighted by molar-refractivity contribution is 9.10. The molecule has 3 N–H and O–H groups in total. The maximum absolute atomic E-state index is 11.8. The molecule has 0 aromatic heterocycles. The van der Waals surface area contributed by atoms with E-state index in [-0.39, 0.29) is 9.79 Å². The molecule has 0 radical (unpaired) electrons. The van der Waals surface area contributed by atoms with Crippen molar-refractivity contribution in [1.82, 2.24) is 9.44 Å². The zero-order valence-electron chi connectivity index (χ0n) is 22.4. The topological polar surface area (TPSA) is 151 Å². The van der Waals surface area contributed by atoms with E-state index in [1.165, 1.54) is 32.4 Å². The second-order valence-corrected chi connectivity index (χ2v) is 15.5. The number of halogens is 1. The summed E-state index contributed by atoms with van der Waals surface area (Å²) in [5.74, 6) is 0. The van der Waals surface area contributed by atoms with Gasteiger partial charge in [0.2, 0.25) is 20.0 Å².